The van der Waals surface area contributed by atoms with Crippen LogP contribution in [0.25, 0.3) is 11.3 Å². The second-order valence-electron chi connectivity index (χ2n) is 12.2. The van der Waals surface area contributed by atoms with E-state index in [4.69, 9.17) is 14.3 Å². The highest BCUT2D eigenvalue weighted by Gasteiger charge is 2.42. The zero-order valence-electron chi connectivity index (χ0n) is 26.2. The summed E-state index contributed by atoms with van der Waals surface area (Å²) in [6.45, 7) is 11.2. The van der Waals surface area contributed by atoms with Gasteiger partial charge in [0.15, 0.2) is 6.61 Å². The number of hydrogen-bond acceptors (Lipinski definition) is 6. The zero-order valence-corrected chi connectivity index (χ0v) is 27.2. The number of carboxylic acid groups (broad SMARTS) is 1. The summed E-state index contributed by atoms with van der Waals surface area (Å²) >= 11 is 0. The monoisotopic (exact) mass is 610 g/mol. The number of aryl methyl sites for hydroxylation is 1. The van der Waals surface area contributed by atoms with Crippen molar-refractivity contribution in [2.45, 2.75) is 58.0 Å². The molecule has 0 fully saturated rings. The van der Waals surface area contributed by atoms with Crippen LogP contribution in [0.4, 0.5) is 0 Å². The lowest BCUT2D eigenvalue weighted by atomic mass is 9.91. The Hall–Kier alpha value is -4.43. The minimum atomic E-state index is -1.52. The van der Waals surface area contributed by atoms with Crippen LogP contribution in [-0.2, 0) is 16.1 Å². The first kappa shape index (κ1) is 32.5. The first-order chi connectivity index (χ1) is 21.0. The van der Waals surface area contributed by atoms with E-state index in [0.29, 0.717) is 24.5 Å². The van der Waals surface area contributed by atoms with Crippen molar-refractivity contribution in [3.8, 4) is 22.8 Å². The van der Waals surface area contributed by atoms with E-state index in [1.165, 1.54) is 0 Å². The lowest BCUT2D eigenvalue weighted by molar-refractivity contribution is -0.155. The molecule has 0 spiro atoms. The molecule has 44 heavy (non-hydrogen) atoms. The average Bonchev–Trinajstić information content (AvgIpc) is 3.01. The molecule has 4 aromatic rings. The molecule has 0 amide bonds. The van der Waals surface area contributed by atoms with Gasteiger partial charge >= 0.3 is 5.97 Å². The van der Waals surface area contributed by atoms with Crippen molar-refractivity contribution in [1.82, 2.24) is 4.98 Å². The van der Waals surface area contributed by atoms with Gasteiger partial charge in [0.05, 0.1) is 11.4 Å². The molecule has 0 saturated carbocycles. The van der Waals surface area contributed by atoms with Gasteiger partial charge in [0, 0.05) is 26.3 Å². The molecule has 1 aromatic heterocycles. The molecule has 0 bridgehead atoms. The molecule has 0 unspecified atom stereocenters. The number of hydrogen-bond donors (Lipinski definition) is 1. The van der Waals surface area contributed by atoms with Gasteiger partial charge in [0.25, 0.3) is 0 Å². The van der Waals surface area contributed by atoms with Crippen LogP contribution in [-0.4, -0.2) is 48.7 Å². The van der Waals surface area contributed by atoms with E-state index >= 15 is 0 Å². The predicted octanol–water partition coefficient (Wildman–Crippen LogP) is 8.05. The molecule has 0 aliphatic rings. The first-order valence-electron chi connectivity index (χ1n) is 14.9. The van der Waals surface area contributed by atoms with Crippen molar-refractivity contribution in [2.24, 2.45) is 5.16 Å². The van der Waals surface area contributed by atoms with Crippen molar-refractivity contribution >= 4 is 19.8 Å². The number of rotatable bonds is 15. The van der Waals surface area contributed by atoms with E-state index in [-0.39, 0.29) is 13.0 Å². The fourth-order valence-electron chi connectivity index (χ4n) is 4.65. The summed E-state index contributed by atoms with van der Waals surface area (Å²) in [4.78, 5) is 22.6. The second kappa shape index (κ2) is 14.8. The standard InChI is InChI=1S/C36H42N2O5Si/c1-27-9-17-33(18-10-27)43-36(35(39)40,21-25-44(3,4)5)26-29-11-19-32(20-12-29)41-23-24-42-38-28(2)30-13-15-31(16-14-30)34-8-6-7-22-37-34/h6-20,22H,21,23-26H2,1-5H3,(H,39,40)/t36-/m1/s1. The highest BCUT2D eigenvalue weighted by molar-refractivity contribution is 6.76. The largest absolute Gasteiger partial charge is 0.490 e. The third-order valence-electron chi connectivity index (χ3n) is 7.32. The maximum absolute atomic E-state index is 12.7. The SMILES string of the molecule is CC(=NOCCOc1ccc(C[C@@](CC[Si](C)(C)C)(Oc2ccc(C)cc2)C(=O)O)cc1)c1ccc(-c2ccccn2)cc1. The molecule has 0 saturated heterocycles. The van der Waals surface area contributed by atoms with Gasteiger partial charge in [0.1, 0.15) is 18.1 Å². The summed E-state index contributed by atoms with van der Waals surface area (Å²) in [5.41, 5.74) is 4.31. The first-order valence-corrected chi connectivity index (χ1v) is 18.6. The molecule has 0 radical (unpaired) electrons. The third kappa shape index (κ3) is 9.54. The van der Waals surface area contributed by atoms with Crippen molar-refractivity contribution in [3.63, 3.8) is 0 Å². The van der Waals surface area contributed by atoms with Gasteiger partial charge in [0.2, 0.25) is 5.60 Å². The van der Waals surface area contributed by atoms with Gasteiger partial charge in [-0.2, -0.15) is 0 Å². The lowest BCUT2D eigenvalue weighted by Gasteiger charge is -2.33. The topological polar surface area (TPSA) is 90.2 Å². The van der Waals surface area contributed by atoms with Gasteiger partial charge in [-0.05, 0) is 67.8 Å². The average molecular weight is 611 g/mol. The number of ether oxygens (including phenoxy) is 2. The molecule has 1 atom stereocenters. The van der Waals surface area contributed by atoms with Crippen LogP contribution >= 0.6 is 0 Å². The molecule has 0 aliphatic carbocycles. The normalized spacial score (nSPS) is 13.2. The number of oxime groups is 1. The summed E-state index contributed by atoms with van der Waals surface area (Å²) in [6, 6.07) is 29.8. The van der Waals surface area contributed by atoms with Crippen molar-refractivity contribution in [1.29, 1.82) is 0 Å². The van der Waals surface area contributed by atoms with Crippen LogP contribution in [0.15, 0.2) is 102 Å². The van der Waals surface area contributed by atoms with E-state index in [2.05, 4.69) is 29.8 Å². The van der Waals surface area contributed by atoms with Gasteiger partial charge < -0.3 is 19.4 Å². The second-order valence-corrected chi connectivity index (χ2v) is 17.9. The zero-order chi connectivity index (χ0) is 31.6. The fraction of sp³-hybridized carbons (Fsp3) is 0.306. The number of aliphatic carboxylic acids is 1. The van der Waals surface area contributed by atoms with E-state index in [0.717, 1.165) is 39.7 Å². The van der Waals surface area contributed by atoms with Gasteiger partial charge in [-0.1, -0.05) is 91.0 Å². The number of pyridine rings is 1. The Labute approximate surface area is 261 Å². The molecule has 230 valence electrons. The Morgan fingerprint density at radius 1 is 0.886 bits per heavy atom. The Balaban J connectivity index is 1.32. The number of nitrogens with zero attached hydrogens (tertiary/aromatic N) is 2. The number of aromatic nitrogens is 1. The molecule has 1 N–H and O–H groups in total. The molecular weight excluding hydrogens is 568 g/mol. The van der Waals surface area contributed by atoms with Crippen LogP contribution in [0.1, 0.15) is 30.0 Å². The molecule has 3 aromatic carbocycles. The maximum Gasteiger partial charge on any atom is 0.348 e. The van der Waals surface area contributed by atoms with E-state index in [1.807, 2.05) is 105 Å². The molecule has 0 aliphatic heterocycles. The van der Waals surface area contributed by atoms with E-state index in [1.54, 1.807) is 6.20 Å². The third-order valence-corrected chi connectivity index (χ3v) is 9.07. The summed E-state index contributed by atoms with van der Waals surface area (Å²) in [6.07, 6.45) is 2.47. The molecule has 7 nitrogen and oxygen atoms in total. The van der Waals surface area contributed by atoms with Crippen LogP contribution in [0.3, 0.4) is 0 Å². The minimum absolute atomic E-state index is 0.251. The Kier molecular flexibility index (Phi) is 11.0. The van der Waals surface area contributed by atoms with Gasteiger partial charge in [-0.3, -0.25) is 4.98 Å². The van der Waals surface area contributed by atoms with Crippen LogP contribution in [0.2, 0.25) is 25.7 Å². The molecular formula is C36H42N2O5Si. The smallest absolute Gasteiger partial charge is 0.348 e. The summed E-state index contributed by atoms with van der Waals surface area (Å²) in [5.74, 6) is 0.285. The van der Waals surface area contributed by atoms with Gasteiger partial charge in [-0.25, -0.2) is 4.79 Å². The van der Waals surface area contributed by atoms with E-state index in [9.17, 15) is 9.90 Å². The minimum Gasteiger partial charge on any atom is -0.490 e. The number of benzene rings is 3. The van der Waals surface area contributed by atoms with Crippen LogP contribution in [0, 0.1) is 6.92 Å². The number of carbonyl (C=O) groups is 1. The Morgan fingerprint density at radius 3 is 2.18 bits per heavy atom. The van der Waals surface area contributed by atoms with E-state index < -0.39 is 19.6 Å². The highest BCUT2D eigenvalue weighted by Crippen LogP contribution is 2.31. The number of carboxylic acids is 1. The Morgan fingerprint density at radius 2 is 1.57 bits per heavy atom. The van der Waals surface area contributed by atoms with Crippen LogP contribution in [0.5, 0.6) is 11.5 Å². The molecule has 1 heterocycles. The predicted molar refractivity (Wildman–Crippen MR) is 178 cm³/mol. The van der Waals surface area contributed by atoms with Crippen LogP contribution < -0.4 is 9.47 Å². The van der Waals surface area contributed by atoms with Crippen molar-refractivity contribution < 1.29 is 24.2 Å². The summed E-state index contributed by atoms with van der Waals surface area (Å²) in [7, 11) is -1.52. The van der Waals surface area contributed by atoms with Crippen molar-refractivity contribution in [2.75, 3.05) is 13.2 Å². The highest BCUT2D eigenvalue weighted by atomic mass is 28.3. The van der Waals surface area contributed by atoms with Crippen molar-refractivity contribution in [3.05, 3.63) is 114 Å². The molecule has 8 heteroatoms. The fourth-order valence-corrected chi connectivity index (χ4v) is 5.81. The quantitative estimate of drug-likeness (QED) is 0.0634. The summed E-state index contributed by atoms with van der Waals surface area (Å²) in [5, 5.41) is 14.7. The Bertz CT molecular complexity index is 1520. The molecule has 4 rings (SSSR count). The van der Waals surface area contributed by atoms with Gasteiger partial charge in [-0.15, -0.1) is 0 Å². The summed E-state index contributed by atoms with van der Waals surface area (Å²) < 4.78 is 12.1. The lowest BCUT2D eigenvalue weighted by Crippen LogP contribution is -2.48. The maximum atomic E-state index is 12.7.